The number of thioether (sulfide) groups is 1. The lowest BCUT2D eigenvalue weighted by molar-refractivity contribution is -0.139. The summed E-state index contributed by atoms with van der Waals surface area (Å²) in [7, 11) is 0. The number of alkyl halides is 3. The number of halogens is 3. The third-order valence-electron chi connectivity index (χ3n) is 1.95. The van der Waals surface area contributed by atoms with Crippen LogP contribution in [0.15, 0.2) is 23.1 Å². The Morgan fingerprint density at radius 1 is 1.22 bits per heavy atom. The second kappa shape index (κ2) is 4.84. The minimum absolute atomic E-state index is 0.0417. The Kier molecular flexibility index (Phi) is 4.00. The first-order chi connectivity index (χ1) is 8.00. The van der Waals surface area contributed by atoms with Crippen LogP contribution in [0, 0.1) is 0 Å². The monoisotopic (exact) mass is 278 g/mol. The first-order valence-corrected chi connectivity index (χ1v) is 5.96. The molecule has 0 aliphatic heterocycles. The Balaban J connectivity index is 3.30. The van der Waals surface area contributed by atoms with Gasteiger partial charge >= 0.3 is 12.1 Å². The van der Waals surface area contributed by atoms with Crippen molar-refractivity contribution >= 4 is 17.7 Å². The number of hydrogen-bond acceptors (Lipinski definition) is 2. The topological polar surface area (TPSA) is 37.3 Å². The summed E-state index contributed by atoms with van der Waals surface area (Å²) < 4.78 is 38.2. The van der Waals surface area contributed by atoms with Crippen molar-refractivity contribution in [3.8, 4) is 0 Å². The molecular weight excluding hydrogens is 265 g/mol. The Hall–Kier alpha value is -1.17. The maximum Gasteiger partial charge on any atom is 0.417 e. The van der Waals surface area contributed by atoms with Gasteiger partial charge in [0, 0.05) is 9.64 Å². The summed E-state index contributed by atoms with van der Waals surface area (Å²) in [6, 6.07) is 3.07. The fourth-order valence-electron chi connectivity index (χ4n) is 1.30. The molecule has 0 heterocycles. The summed E-state index contributed by atoms with van der Waals surface area (Å²) in [5.74, 6) is -1.37. The molecule has 1 aromatic rings. The Morgan fingerprint density at radius 3 is 2.17 bits per heavy atom. The summed E-state index contributed by atoms with van der Waals surface area (Å²) in [5, 5.41) is 8.72. The van der Waals surface area contributed by atoms with Gasteiger partial charge in [-0.05, 0) is 18.2 Å². The Labute approximate surface area is 107 Å². The van der Waals surface area contributed by atoms with Gasteiger partial charge in [-0.1, -0.05) is 20.8 Å². The van der Waals surface area contributed by atoms with Crippen LogP contribution in [0.1, 0.15) is 36.7 Å². The van der Waals surface area contributed by atoms with Gasteiger partial charge in [0.15, 0.2) is 0 Å². The van der Waals surface area contributed by atoms with Gasteiger partial charge in [-0.25, -0.2) is 4.79 Å². The summed E-state index contributed by atoms with van der Waals surface area (Å²) in [6.07, 6.45) is -4.56. The fraction of sp³-hybridized carbons (Fsp3) is 0.417. The van der Waals surface area contributed by atoms with Crippen molar-refractivity contribution in [2.45, 2.75) is 36.6 Å². The average Bonchev–Trinajstić information content (AvgIpc) is 2.13. The summed E-state index contributed by atoms with van der Waals surface area (Å²) in [6.45, 7) is 5.38. The van der Waals surface area contributed by atoms with Crippen LogP contribution < -0.4 is 0 Å². The van der Waals surface area contributed by atoms with Crippen LogP contribution in [0.4, 0.5) is 13.2 Å². The zero-order valence-corrected chi connectivity index (χ0v) is 10.9. The minimum Gasteiger partial charge on any atom is -0.478 e. The number of carboxylic acids is 1. The highest BCUT2D eigenvalue weighted by Crippen LogP contribution is 2.41. The lowest BCUT2D eigenvalue weighted by Crippen LogP contribution is -2.13. The second-order valence-electron chi connectivity index (χ2n) is 4.73. The molecule has 0 aliphatic carbocycles. The van der Waals surface area contributed by atoms with E-state index in [1.807, 2.05) is 0 Å². The van der Waals surface area contributed by atoms with E-state index >= 15 is 0 Å². The number of benzene rings is 1. The molecule has 0 amide bonds. The van der Waals surface area contributed by atoms with Gasteiger partial charge in [-0.2, -0.15) is 13.2 Å². The number of carboxylic acid groups (broad SMARTS) is 1. The summed E-state index contributed by atoms with van der Waals surface area (Å²) in [5.41, 5.74) is -1.26. The molecule has 6 heteroatoms. The molecule has 1 aromatic carbocycles. The van der Waals surface area contributed by atoms with Crippen molar-refractivity contribution in [2.75, 3.05) is 0 Å². The fourth-order valence-corrected chi connectivity index (χ4v) is 2.38. The number of aromatic carboxylic acids is 1. The smallest absolute Gasteiger partial charge is 0.417 e. The quantitative estimate of drug-likeness (QED) is 0.820. The molecule has 0 aliphatic rings. The van der Waals surface area contributed by atoms with E-state index in [0.717, 1.165) is 11.8 Å². The molecule has 0 bridgehead atoms. The van der Waals surface area contributed by atoms with E-state index < -0.39 is 17.7 Å². The van der Waals surface area contributed by atoms with E-state index in [0.29, 0.717) is 6.07 Å². The molecular formula is C12H13F3O2S. The van der Waals surface area contributed by atoms with E-state index in [1.165, 1.54) is 12.1 Å². The molecule has 0 unspecified atom stereocenters. The van der Waals surface area contributed by atoms with Crippen molar-refractivity contribution in [1.82, 2.24) is 0 Å². The summed E-state index contributed by atoms with van der Waals surface area (Å²) in [4.78, 5) is 10.7. The number of carbonyl (C=O) groups is 1. The van der Waals surface area contributed by atoms with Crippen molar-refractivity contribution in [3.63, 3.8) is 0 Å². The molecule has 0 fully saturated rings. The standard InChI is InChI=1S/C12H13F3O2S/c1-11(2,3)18-9-5-4-7(10(16)17)6-8(9)12(13,14)15/h4-6H,1-3H3,(H,16,17). The Bertz CT molecular complexity index is 461. The lowest BCUT2D eigenvalue weighted by Gasteiger charge is -2.21. The van der Waals surface area contributed by atoms with E-state index in [4.69, 9.17) is 5.11 Å². The molecule has 1 N–H and O–H groups in total. The zero-order valence-electron chi connectivity index (χ0n) is 10.1. The van der Waals surface area contributed by atoms with E-state index in [9.17, 15) is 18.0 Å². The molecule has 100 valence electrons. The third kappa shape index (κ3) is 3.94. The predicted molar refractivity (Wildman–Crippen MR) is 64.0 cm³/mol. The molecule has 0 aromatic heterocycles. The molecule has 0 saturated carbocycles. The maximum atomic E-state index is 12.9. The van der Waals surface area contributed by atoms with Crippen LogP contribution in [-0.2, 0) is 6.18 Å². The van der Waals surface area contributed by atoms with Gasteiger partial charge in [0.05, 0.1) is 11.1 Å². The van der Waals surface area contributed by atoms with Crippen molar-refractivity contribution < 1.29 is 23.1 Å². The third-order valence-corrected chi connectivity index (χ3v) is 3.14. The molecule has 2 nitrogen and oxygen atoms in total. The number of hydrogen-bond donors (Lipinski definition) is 1. The van der Waals surface area contributed by atoms with Gasteiger partial charge < -0.3 is 5.11 Å². The molecule has 1 rings (SSSR count). The van der Waals surface area contributed by atoms with Gasteiger partial charge in [-0.15, -0.1) is 11.8 Å². The minimum atomic E-state index is -4.56. The SMILES string of the molecule is CC(C)(C)Sc1ccc(C(=O)O)cc1C(F)(F)F. The van der Waals surface area contributed by atoms with Crippen LogP contribution in [0.25, 0.3) is 0 Å². The van der Waals surface area contributed by atoms with Crippen LogP contribution in [0.3, 0.4) is 0 Å². The largest absolute Gasteiger partial charge is 0.478 e. The highest BCUT2D eigenvalue weighted by Gasteiger charge is 2.35. The Morgan fingerprint density at radius 2 is 1.78 bits per heavy atom. The highest BCUT2D eigenvalue weighted by molar-refractivity contribution is 8.00. The first kappa shape index (κ1) is 14.9. The normalized spacial score (nSPS) is 12.6. The van der Waals surface area contributed by atoms with Crippen LogP contribution in [0.5, 0.6) is 0 Å². The number of rotatable bonds is 2. The lowest BCUT2D eigenvalue weighted by atomic mass is 10.1. The first-order valence-electron chi connectivity index (χ1n) is 5.14. The van der Waals surface area contributed by atoms with Crippen molar-refractivity contribution in [3.05, 3.63) is 29.3 Å². The molecule has 0 radical (unpaired) electrons. The molecule has 0 atom stereocenters. The van der Waals surface area contributed by atoms with Gasteiger partial charge in [0.25, 0.3) is 0 Å². The van der Waals surface area contributed by atoms with E-state index in [-0.39, 0.29) is 15.2 Å². The van der Waals surface area contributed by atoms with Crippen molar-refractivity contribution in [2.24, 2.45) is 0 Å². The average molecular weight is 278 g/mol. The highest BCUT2D eigenvalue weighted by atomic mass is 32.2. The molecule has 0 saturated heterocycles. The maximum absolute atomic E-state index is 12.9. The van der Waals surface area contributed by atoms with Crippen LogP contribution >= 0.6 is 11.8 Å². The van der Waals surface area contributed by atoms with Gasteiger partial charge in [-0.3, -0.25) is 0 Å². The van der Waals surface area contributed by atoms with Crippen molar-refractivity contribution in [1.29, 1.82) is 0 Å². The summed E-state index contributed by atoms with van der Waals surface area (Å²) >= 11 is 1.06. The molecule has 0 spiro atoms. The second-order valence-corrected chi connectivity index (χ2v) is 6.60. The van der Waals surface area contributed by atoms with E-state index in [1.54, 1.807) is 20.8 Å². The van der Waals surface area contributed by atoms with E-state index in [2.05, 4.69) is 0 Å². The van der Waals surface area contributed by atoms with Gasteiger partial charge in [0.2, 0.25) is 0 Å². The zero-order chi connectivity index (χ0) is 14.1. The predicted octanol–water partition coefficient (Wildman–Crippen LogP) is 4.29. The van der Waals surface area contributed by atoms with Gasteiger partial charge in [0.1, 0.15) is 0 Å². The van der Waals surface area contributed by atoms with Crippen LogP contribution in [-0.4, -0.2) is 15.8 Å². The molecule has 18 heavy (non-hydrogen) atoms. The van der Waals surface area contributed by atoms with Crippen LogP contribution in [0.2, 0.25) is 0 Å².